The maximum atomic E-state index is 12.4. The van der Waals surface area contributed by atoms with Gasteiger partial charge in [-0.25, -0.2) is 8.42 Å². The van der Waals surface area contributed by atoms with Crippen molar-refractivity contribution in [2.75, 3.05) is 11.9 Å². The second kappa shape index (κ2) is 6.65. The summed E-state index contributed by atoms with van der Waals surface area (Å²) in [7, 11) is -5.30. The third-order valence-corrected chi connectivity index (χ3v) is 4.61. The molecule has 120 valence electrons. The van der Waals surface area contributed by atoms with E-state index in [2.05, 4.69) is 5.32 Å². The van der Waals surface area contributed by atoms with Gasteiger partial charge < -0.3 is 11.1 Å². The predicted molar refractivity (Wildman–Crippen MR) is 75.6 cm³/mol. The van der Waals surface area contributed by atoms with Crippen LogP contribution < -0.4 is 11.1 Å². The molecule has 0 aliphatic rings. The van der Waals surface area contributed by atoms with E-state index in [1.807, 2.05) is 13.8 Å². The molecule has 3 N–H and O–H groups in total. The van der Waals surface area contributed by atoms with Crippen LogP contribution in [0.15, 0.2) is 29.2 Å². The number of hydrogen-bond donors (Lipinski definition) is 2. The fourth-order valence-electron chi connectivity index (χ4n) is 1.83. The van der Waals surface area contributed by atoms with Crippen LogP contribution in [0.4, 0.5) is 18.9 Å². The quantitative estimate of drug-likeness (QED) is 0.844. The second-order valence-electron chi connectivity index (χ2n) is 5.05. The number of alkyl halides is 3. The fourth-order valence-corrected chi connectivity index (χ4v) is 2.59. The molecular formula is C13H19F3N2O2S. The van der Waals surface area contributed by atoms with Crippen LogP contribution in [0.25, 0.3) is 0 Å². The van der Waals surface area contributed by atoms with Crippen molar-refractivity contribution >= 4 is 15.5 Å². The topological polar surface area (TPSA) is 72.2 Å². The number of rotatable bonds is 6. The van der Waals surface area contributed by atoms with Crippen LogP contribution in [0.5, 0.6) is 0 Å². The molecular weight excluding hydrogens is 305 g/mol. The molecule has 21 heavy (non-hydrogen) atoms. The van der Waals surface area contributed by atoms with E-state index in [0.717, 1.165) is 12.1 Å². The zero-order valence-electron chi connectivity index (χ0n) is 11.8. The first-order chi connectivity index (χ1) is 9.59. The van der Waals surface area contributed by atoms with E-state index in [0.29, 0.717) is 18.7 Å². The van der Waals surface area contributed by atoms with Gasteiger partial charge in [-0.05, 0) is 43.1 Å². The van der Waals surface area contributed by atoms with E-state index in [-0.39, 0.29) is 12.0 Å². The Labute approximate surface area is 122 Å². The zero-order chi connectivity index (χ0) is 16.3. The van der Waals surface area contributed by atoms with Crippen LogP contribution in [0.3, 0.4) is 0 Å². The Balaban J connectivity index is 2.93. The monoisotopic (exact) mass is 324 g/mol. The molecule has 1 aromatic rings. The van der Waals surface area contributed by atoms with Gasteiger partial charge in [0.05, 0.1) is 4.90 Å². The third-order valence-electron chi connectivity index (χ3n) is 3.10. The van der Waals surface area contributed by atoms with Gasteiger partial charge in [-0.15, -0.1) is 0 Å². The van der Waals surface area contributed by atoms with Crippen molar-refractivity contribution in [1.82, 2.24) is 0 Å². The maximum absolute atomic E-state index is 12.4. The molecule has 1 unspecified atom stereocenters. The highest BCUT2D eigenvalue weighted by atomic mass is 32.2. The summed E-state index contributed by atoms with van der Waals surface area (Å²) in [5.74, 6) is 0.284. The molecule has 8 heteroatoms. The zero-order valence-corrected chi connectivity index (χ0v) is 12.6. The van der Waals surface area contributed by atoms with E-state index in [4.69, 9.17) is 5.73 Å². The Morgan fingerprint density at radius 3 is 2.10 bits per heavy atom. The highest BCUT2D eigenvalue weighted by molar-refractivity contribution is 7.92. The lowest BCUT2D eigenvalue weighted by Crippen LogP contribution is -2.28. The van der Waals surface area contributed by atoms with Crippen LogP contribution in [0.1, 0.15) is 20.3 Å². The highest BCUT2D eigenvalue weighted by Crippen LogP contribution is 2.30. The molecule has 0 aliphatic carbocycles. The summed E-state index contributed by atoms with van der Waals surface area (Å²) in [4.78, 5) is -0.763. The normalized spacial score (nSPS) is 14.2. The van der Waals surface area contributed by atoms with E-state index in [1.54, 1.807) is 0 Å². The minimum atomic E-state index is -5.30. The molecule has 4 nitrogen and oxygen atoms in total. The highest BCUT2D eigenvalue weighted by Gasteiger charge is 2.46. The first kappa shape index (κ1) is 17.8. The molecule has 0 fully saturated rings. The van der Waals surface area contributed by atoms with Gasteiger partial charge in [0, 0.05) is 11.7 Å². The van der Waals surface area contributed by atoms with Crippen molar-refractivity contribution in [3.05, 3.63) is 24.3 Å². The predicted octanol–water partition coefficient (Wildman–Crippen LogP) is 2.77. The van der Waals surface area contributed by atoms with Crippen LogP contribution in [-0.4, -0.2) is 26.5 Å². The fraction of sp³-hybridized carbons (Fsp3) is 0.538. The number of anilines is 1. The van der Waals surface area contributed by atoms with Crippen LogP contribution >= 0.6 is 0 Å². The van der Waals surface area contributed by atoms with Crippen molar-refractivity contribution in [2.45, 2.75) is 36.7 Å². The number of nitrogens with one attached hydrogen (secondary N) is 1. The SMILES string of the molecule is CC(C)C(CCN)Nc1ccc(S(=O)(=O)C(F)(F)F)cc1. The lowest BCUT2D eigenvalue weighted by molar-refractivity contribution is -0.0436. The van der Waals surface area contributed by atoms with E-state index in [9.17, 15) is 21.6 Å². The average Bonchev–Trinajstić information content (AvgIpc) is 2.37. The first-order valence-electron chi connectivity index (χ1n) is 6.47. The minimum Gasteiger partial charge on any atom is -0.382 e. The third kappa shape index (κ3) is 4.34. The number of sulfone groups is 1. The lowest BCUT2D eigenvalue weighted by Gasteiger charge is -2.23. The van der Waals surface area contributed by atoms with Crippen molar-refractivity contribution in [1.29, 1.82) is 0 Å². The van der Waals surface area contributed by atoms with Crippen LogP contribution in [0, 0.1) is 5.92 Å². The summed E-state index contributed by atoms with van der Waals surface area (Å²) in [5, 5.41) is 3.14. The summed E-state index contributed by atoms with van der Waals surface area (Å²) in [5.41, 5.74) is 0.774. The van der Waals surface area contributed by atoms with Gasteiger partial charge in [0.25, 0.3) is 9.84 Å². The molecule has 1 aromatic carbocycles. The number of nitrogens with two attached hydrogens (primary N) is 1. The number of halogens is 3. The molecule has 1 rings (SSSR count). The smallest absolute Gasteiger partial charge is 0.382 e. The van der Waals surface area contributed by atoms with Crippen LogP contribution in [0.2, 0.25) is 0 Å². The van der Waals surface area contributed by atoms with Gasteiger partial charge >= 0.3 is 5.51 Å². The van der Waals surface area contributed by atoms with Crippen molar-refractivity contribution in [3.63, 3.8) is 0 Å². The summed E-state index contributed by atoms with van der Waals surface area (Å²) >= 11 is 0. The maximum Gasteiger partial charge on any atom is 0.501 e. The van der Waals surface area contributed by atoms with E-state index >= 15 is 0 Å². The number of hydrogen-bond acceptors (Lipinski definition) is 4. The molecule has 0 aliphatic heterocycles. The Morgan fingerprint density at radius 2 is 1.71 bits per heavy atom. The molecule has 0 saturated heterocycles. The van der Waals surface area contributed by atoms with Gasteiger partial charge in [0.1, 0.15) is 0 Å². The molecule has 0 saturated carbocycles. The Hall–Kier alpha value is -1.28. The summed E-state index contributed by atoms with van der Waals surface area (Å²) in [6, 6.07) is 4.62. The Bertz CT molecular complexity index is 554. The lowest BCUT2D eigenvalue weighted by atomic mass is 10.0. The van der Waals surface area contributed by atoms with Crippen molar-refractivity contribution < 1.29 is 21.6 Å². The minimum absolute atomic E-state index is 0.0695. The number of benzene rings is 1. The van der Waals surface area contributed by atoms with Gasteiger partial charge in [0.2, 0.25) is 0 Å². The second-order valence-corrected chi connectivity index (χ2v) is 6.99. The standard InChI is InChI=1S/C13H19F3N2O2S/c1-9(2)12(7-8-17)18-10-3-5-11(6-4-10)21(19,20)13(14,15)16/h3-6,9,12,18H,7-8,17H2,1-2H3. The summed E-state index contributed by atoms with van der Waals surface area (Å²) in [6.45, 7) is 4.47. The molecule has 0 spiro atoms. The average molecular weight is 324 g/mol. The molecule has 0 heterocycles. The summed E-state index contributed by atoms with van der Waals surface area (Å²) < 4.78 is 59.7. The molecule has 0 aromatic heterocycles. The molecule has 1 atom stereocenters. The van der Waals surface area contributed by atoms with Gasteiger partial charge in [-0.1, -0.05) is 13.8 Å². The summed E-state index contributed by atoms with van der Waals surface area (Å²) in [6.07, 6.45) is 0.709. The van der Waals surface area contributed by atoms with Crippen LogP contribution in [-0.2, 0) is 9.84 Å². The van der Waals surface area contributed by atoms with E-state index < -0.39 is 20.2 Å². The first-order valence-corrected chi connectivity index (χ1v) is 7.96. The van der Waals surface area contributed by atoms with E-state index in [1.165, 1.54) is 12.1 Å². The van der Waals surface area contributed by atoms with Gasteiger partial charge in [-0.3, -0.25) is 0 Å². The van der Waals surface area contributed by atoms with Crippen molar-refractivity contribution in [3.8, 4) is 0 Å². The Morgan fingerprint density at radius 1 is 1.19 bits per heavy atom. The molecule has 0 radical (unpaired) electrons. The largest absolute Gasteiger partial charge is 0.501 e. The van der Waals surface area contributed by atoms with Gasteiger partial charge in [0.15, 0.2) is 0 Å². The van der Waals surface area contributed by atoms with Gasteiger partial charge in [-0.2, -0.15) is 13.2 Å². The van der Waals surface area contributed by atoms with Crippen molar-refractivity contribution in [2.24, 2.45) is 11.7 Å². The molecule has 0 bridgehead atoms. The molecule has 0 amide bonds. The Kier molecular flexibility index (Phi) is 5.63.